The summed E-state index contributed by atoms with van der Waals surface area (Å²) in [6.45, 7) is 2.18. The molecule has 0 atom stereocenters. The summed E-state index contributed by atoms with van der Waals surface area (Å²) in [5.41, 5.74) is 12.2. The van der Waals surface area contributed by atoms with Gasteiger partial charge in [-0.2, -0.15) is 0 Å². The first-order valence-electron chi connectivity index (χ1n) is 8.03. The number of carbonyl (C=O) groups is 2. The third-order valence-corrected chi connectivity index (χ3v) is 3.68. The van der Waals surface area contributed by atoms with Gasteiger partial charge in [0.25, 0.3) is 5.91 Å². The molecule has 0 aliphatic carbocycles. The van der Waals surface area contributed by atoms with Crippen molar-refractivity contribution in [3.63, 3.8) is 0 Å². The molecule has 2 rings (SSSR count). The molecule has 6 nitrogen and oxygen atoms in total. The van der Waals surface area contributed by atoms with Crippen molar-refractivity contribution in [1.82, 2.24) is 4.98 Å². The zero-order chi connectivity index (χ0) is 17.5. The smallest absolute Gasteiger partial charge is 0.317 e. The van der Waals surface area contributed by atoms with Gasteiger partial charge in [0.05, 0.1) is 5.56 Å². The van der Waals surface area contributed by atoms with Crippen molar-refractivity contribution in [3.8, 4) is 11.8 Å². The maximum absolute atomic E-state index is 11.6. The predicted octanol–water partition coefficient (Wildman–Crippen LogP) is 3.08. The average molecular weight is 326 g/mol. The molecule has 0 saturated heterocycles. The van der Waals surface area contributed by atoms with Crippen molar-refractivity contribution in [1.29, 1.82) is 0 Å². The normalized spacial score (nSPS) is 10.2. The van der Waals surface area contributed by atoms with Crippen LogP contribution in [0.15, 0.2) is 18.2 Å². The molecule has 2 aromatic rings. The molecule has 0 radical (unpaired) electrons. The number of amides is 3. The number of urea groups is 1. The monoisotopic (exact) mass is 326 g/mol. The standard InChI is InChI=1S/C18H22N4O2/c1-2-3-4-5-6-7-8-12-9-10-13-14(11-12)21-17(22-18(20)24)15(13)16(19)23/h9-11,21H,2-6H2,1H3,(H2,19,23)(H3,20,22,24). The number of benzene rings is 1. The van der Waals surface area contributed by atoms with E-state index in [1.165, 1.54) is 19.3 Å². The maximum atomic E-state index is 11.6. The fourth-order valence-corrected chi connectivity index (χ4v) is 2.55. The fourth-order valence-electron chi connectivity index (χ4n) is 2.55. The van der Waals surface area contributed by atoms with Gasteiger partial charge >= 0.3 is 6.03 Å². The molecule has 1 aromatic carbocycles. The Bertz CT molecular complexity index is 812. The molecule has 1 aromatic heterocycles. The van der Waals surface area contributed by atoms with Crippen LogP contribution in [0.5, 0.6) is 0 Å². The van der Waals surface area contributed by atoms with Gasteiger partial charge in [-0.3, -0.25) is 10.1 Å². The van der Waals surface area contributed by atoms with Gasteiger partial charge in [-0.15, -0.1) is 0 Å². The second-order valence-corrected chi connectivity index (χ2v) is 5.60. The fraction of sp³-hybridized carbons (Fsp3) is 0.333. The molecule has 0 saturated carbocycles. The van der Waals surface area contributed by atoms with Gasteiger partial charge < -0.3 is 16.5 Å². The Labute approximate surface area is 141 Å². The van der Waals surface area contributed by atoms with Crippen LogP contribution in [-0.4, -0.2) is 16.9 Å². The highest BCUT2D eigenvalue weighted by Gasteiger charge is 2.17. The number of rotatable bonds is 6. The zero-order valence-corrected chi connectivity index (χ0v) is 13.7. The Hall–Kier alpha value is -2.94. The van der Waals surface area contributed by atoms with Gasteiger partial charge in [0.15, 0.2) is 0 Å². The Morgan fingerprint density at radius 1 is 1.21 bits per heavy atom. The summed E-state index contributed by atoms with van der Waals surface area (Å²) in [5.74, 6) is 5.83. The summed E-state index contributed by atoms with van der Waals surface area (Å²) < 4.78 is 0. The minimum absolute atomic E-state index is 0.203. The molecule has 0 bridgehead atoms. The van der Waals surface area contributed by atoms with Gasteiger partial charge in [0, 0.05) is 22.9 Å². The summed E-state index contributed by atoms with van der Waals surface area (Å²) >= 11 is 0. The topological polar surface area (TPSA) is 114 Å². The van der Waals surface area contributed by atoms with E-state index in [4.69, 9.17) is 11.5 Å². The highest BCUT2D eigenvalue weighted by molar-refractivity contribution is 6.13. The summed E-state index contributed by atoms with van der Waals surface area (Å²) in [5, 5.41) is 3.01. The molecular weight excluding hydrogens is 304 g/mol. The van der Waals surface area contributed by atoms with E-state index < -0.39 is 11.9 Å². The van der Waals surface area contributed by atoms with Crippen molar-refractivity contribution in [2.45, 2.75) is 39.0 Å². The molecule has 6 N–H and O–H groups in total. The first-order valence-corrected chi connectivity index (χ1v) is 8.03. The number of primary amides is 2. The minimum Gasteiger partial charge on any atom is -0.365 e. The number of unbranched alkanes of at least 4 members (excludes halogenated alkanes) is 4. The number of hydrogen-bond acceptors (Lipinski definition) is 2. The highest BCUT2D eigenvalue weighted by Crippen LogP contribution is 2.26. The van der Waals surface area contributed by atoms with Crippen molar-refractivity contribution in [3.05, 3.63) is 29.3 Å². The lowest BCUT2D eigenvalue weighted by atomic mass is 10.1. The maximum Gasteiger partial charge on any atom is 0.317 e. The van der Waals surface area contributed by atoms with E-state index in [9.17, 15) is 9.59 Å². The van der Waals surface area contributed by atoms with Crippen LogP contribution in [0.3, 0.4) is 0 Å². The number of nitrogens with two attached hydrogens (primary N) is 2. The summed E-state index contributed by atoms with van der Waals surface area (Å²) in [6, 6.07) is 4.65. The second-order valence-electron chi connectivity index (χ2n) is 5.60. The molecule has 3 amide bonds. The van der Waals surface area contributed by atoms with Crippen LogP contribution in [0.25, 0.3) is 10.9 Å². The van der Waals surface area contributed by atoms with Crippen molar-refractivity contribution in [2.75, 3.05) is 5.32 Å². The summed E-state index contributed by atoms with van der Waals surface area (Å²) in [6.07, 6.45) is 5.61. The number of nitrogens with one attached hydrogen (secondary N) is 2. The van der Waals surface area contributed by atoms with Gasteiger partial charge in [-0.25, -0.2) is 4.79 Å². The number of fused-ring (bicyclic) bond motifs is 1. The van der Waals surface area contributed by atoms with Crippen LogP contribution < -0.4 is 16.8 Å². The van der Waals surface area contributed by atoms with Crippen LogP contribution in [0, 0.1) is 11.8 Å². The number of aromatic amines is 1. The van der Waals surface area contributed by atoms with E-state index in [1.807, 2.05) is 12.1 Å². The number of hydrogen-bond donors (Lipinski definition) is 4. The van der Waals surface area contributed by atoms with Gasteiger partial charge in [-0.1, -0.05) is 44.1 Å². The molecule has 0 aliphatic heterocycles. The van der Waals surface area contributed by atoms with Crippen LogP contribution in [0.4, 0.5) is 10.6 Å². The van der Waals surface area contributed by atoms with E-state index in [-0.39, 0.29) is 11.4 Å². The number of anilines is 1. The third-order valence-electron chi connectivity index (χ3n) is 3.68. The quantitative estimate of drug-likeness (QED) is 0.482. The van der Waals surface area contributed by atoms with Crippen molar-refractivity contribution in [2.24, 2.45) is 11.5 Å². The second kappa shape index (κ2) is 8.06. The van der Waals surface area contributed by atoms with Crippen molar-refractivity contribution < 1.29 is 9.59 Å². The third kappa shape index (κ3) is 4.29. The van der Waals surface area contributed by atoms with E-state index >= 15 is 0 Å². The number of aromatic nitrogens is 1. The molecule has 24 heavy (non-hydrogen) atoms. The lowest BCUT2D eigenvalue weighted by Gasteiger charge is -2.00. The Kier molecular flexibility index (Phi) is 5.85. The summed E-state index contributed by atoms with van der Waals surface area (Å²) in [7, 11) is 0. The van der Waals surface area contributed by atoms with E-state index in [0.29, 0.717) is 10.9 Å². The van der Waals surface area contributed by atoms with Crippen LogP contribution in [0.1, 0.15) is 54.9 Å². The lowest BCUT2D eigenvalue weighted by molar-refractivity contribution is 0.100. The Morgan fingerprint density at radius 2 is 2.00 bits per heavy atom. The van der Waals surface area contributed by atoms with Gasteiger partial charge in [0.1, 0.15) is 5.82 Å². The number of H-pyrrole nitrogens is 1. The van der Waals surface area contributed by atoms with Crippen LogP contribution >= 0.6 is 0 Å². The lowest BCUT2D eigenvalue weighted by Crippen LogP contribution is -2.22. The van der Waals surface area contributed by atoms with E-state index in [2.05, 4.69) is 29.1 Å². The molecule has 6 heteroatoms. The van der Waals surface area contributed by atoms with E-state index in [0.717, 1.165) is 18.4 Å². The molecule has 0 spiro atoms. The summed E-state index contributed by atoms with van der Waals surface area (Å²) in [4.78, 5) is 25.7. The molecule has 0 aliphatic rings. The molecule has 0 unspecified atom stereocenters. The predicted molar refractivity (Wildman–Crippen MR) is 95.7 cm³/mol. The molecular formula is C18H22N4O2. The Morgan fingerprint density at radius 3 is 2.67 bits per heavy atom. The first-order chi connectivity index (χ1) is 11.5. The Balaban J connectivity index is 2.23. The largest absolute Gasteiger partial charge is 0.365 e. The van der Waals surface area contributed by atoms with Crippen LogP contribution in [-0.2, 0) is 0 Å². The molecule has 126 valence electrons. The average Bonchev–Trinajstić information content (AvgIpc) is 2.87. The van der Waals surface area contributed by atoms with Crippen molar-refractivity contribution >= 4 is 28.7 Å². The van der Waals surface area contributed by atoms with Gasteiger partial charge in [0.2, 0.25) is 0 Å². The SMILES string of the molecule is CCCCCCC#Cc1ccc2c(C(N)=O)c(NC(N)=O)[nH]c2c1. The molecule has 1 heterocycles. The zero-order valence-electron chi connectivity index (χ0n) is 13.7. The van der Waals surface area contributed by atoms with Crippen LogP contribution in [0.2, 0.25) is 0 Å². The minimum atomic E-state index is -0.767. The van der Waals surface area contributed by atoms with E-state index in [1.54, 1.807) is 6.07 Å². The van der Waals surface area contributed by atoms with Gasteiger partial charge in [-0.05, 0) is 18.6 Å². The molecule has 0 fully saturated rings. The highest BCUT2D eigenvalue weighted by atomic mass is 16.2. The first kappa shape index (κ1) is 17.4. The number of carbonyl (C=O) groups excluding carboxylic acids is 2.